The van der Waals surface area contributed by atoms with Crippen molar-refractivity contribution < 1.29 is 14.5 Å². The number of halogens is 1. The van der Waals surface area contributed by atoms with E-state index in [1.807, 2.05) is 6.92 Å². The SMILES string of the molecule is CCOC(=O)c1cnc2nc(C)ccc2c1Nc1cc(Cl)ccc1[N+](=O)[O-]. The molecule has 1 aromatic carbocycles. The number of carbonyl (C=O) groups excluding carboxylic acids is 1. The monoisotopic (exact) mass is 386 g/mol. The first-order valence-electron chi connectivity index (χ1n) is 8.05. The van der Waals surface area contributed by atoms with Crippen LogP contribution < -0.4 is 5.32 Å². The Morgan fingerprint density at radius 3 is 2.81 bits per heavy atom. The first-order chi connectivity index (χ1) is 12.9. The molecule has 0 saturated carbocycles. The highest BCUT2D eigenvalue weighted by atomic mass is 35.5. The predicted molar refractivity (Wildman–Crippen MR) is 102 cm³/mol. The molecular weight excluding hydrogens is 372 g/mol. The molecule has 0 bridgehead atoms. The molecule has 2 heterocycles. The van der Waals surface area contributed by atoms with Crippen LogP contribution in [-0.4, -0.2) is 27.5 Å². The largest absolute Gasteiger partial charge is 0.462 e. The van der Waals surface area contributed by atoms with E-state index in [2.05, 4.69) is 15.3 Å². The molecule has 0 aliphatic heterocycles. The summed E-state index contributed by atoms with van der Waals surface area (Å²) < 4.78 is 5.08. The van der Waals surface area contributed by atoms with Crippen LogP contribution in [0.5, 0.6) is 0 Å². The number of rotatable bonds is 5. The minimum Gasteiger partial charge on any atom is -0.462 e. The molecule has 2 aromatic heterocycles. The predicted octanol–water partition coefficient (Wildman–Crippen LogP) is 4.42. The van der Waals surface area contributed by atoms with Crippen LogP contribution in [0.2, 0.25) is 5.02 Å². The summed E-state index contributed by atoms with van der Waals surface area (Å²) >= 11 is 6.00. The summed E-state index contributed by atoms with van der Waals surface area (Å²) in [4.78, 5) is 31.7. The standard InChI is InChI=1S/C18H15ClN4O4/c1-3-27-18(24)13-9-20-17-12(6-4-10(2)21-17)16(13)22-14-8-11(19)5-7-15(14)23(25)26/h4-9H,3H2,1-2H3,(H,20,21,22). The number of aryl methyl sites for hydroxylation is 1. The number of nitro benzene ring substituents is 1. The summed E-state index contributed by atoms with van der Waals surface area (Å²) in [6.45, 7) is 3.68. The summed E-state index contributed by atoms with van der Waals surface area (Å²) in [5.41, 5.74) is 1.57. The molecule has 0 aliphatic carbocycles. The van der Waals surface area contributed by atoms with Crippen LogP contribution in [0.4, 0.5) is 17.1 Å². The zero-order valence-electron chi connectivity index (χ0n) is 14.5. The van der Waals surface area contributed by atoms with Gasteiger partial charge in [-0.3, -0.25) is 10.1 Å². The number of esters is 1. The third-order valence-corrected chi connectivity index (χ3v) is 4.01. The number of pyridine rings is 2. The molecular formula is C18H15ClN4O4. The van der Waals surface area contributed by atoms with Crippen LogP contribution in [0.15, 0.2) is 36.5 Å². The Morgan fingerprint density at radius 2 is 2.11 bits per heavy atom. The van der Waals surface area contributed by atoms with E-state index >= 15 is 0 Å². The first-order valence-corrected chi connectivity index (χ1v) is 8.43. The van der Waals surface area contributed by atoms with Crippen LogP contribution in [0, 0.1) is 17.0 Å². The fourth-order valence-electron chi connectivity index (χ4n) is 2.57. The molecule has 0 amide bonds. The van der Waals surface area contributed by atoms with Crippen LogP contribution in [0.25, 0.3) is 11.0 Å². The number of carbonyl (C=O) groups is 1. The van der Waals surface area contributed by atoms with Crippen molar-refractivity contribution in [3.8, 4) is 0 Å². The second-order valence-corrected chi connectivity index (χ2v) is 6.07. The van der Waals surface area contributed by atoms with Gasteiger partial charge in [0.2, 0.25) is 0 Å². The van der Waals surface area contributed by atoms with E-state index in [1.54, 1.807) is 19.1 Å². The summed E-state index contributed by atoms with van der Waals surface area (Å²) in [6.07, 6.45) is 1.34. The molecule has 8 nitrogen and oxygen atoms in total. The van der Waals surface area contributed by atoms with Gasteiger partial charge in [0, 0.05) is 28.4 Å². The van der Waals surface area contributed by atoms with E-state index in [4.69, 9.17) is 16.3 Å². The maximum absolute atomic E-state index is 12.4. The van der Waals surface area contributed by atoms with E-state index in [-0.39, 0.29) is 23.5 Å². The third-order valence-electron chi connectivity index (χ3n) is 3.78. The number of aromatic nitrogens is 2. The Kier molecular flexibility index (Phi) is 5.18. The number of nitrogens with one attached hydrogen (secondary N) is 1. The lowest BCUT2D eigenvalue weighted by molar-refractivity contribution is -0.383. The quantitative estimate of drug-likeness (QED) is 0.392. The molecule has 1 N–H and O–H groups in total. The maximum atomic E-state index is 12.4. The lowest BCUT2D eigenvalue weighted by atomic mass is 10.1. The van der Waals surface area contributed by atoms with Crippen molar-refractivity contribution >= 4 is 45.7 Å². The Hall–Kier alpha value is -3.26. The van der Waals surface area contributed by atoms with Crippen LogP contribution >= 0.6 is 11.6 Å². The van der Waals surface area contributed by atoms with Gasteiger partial charge in [0.1, 0.15) is 11.3 Å². The number of hydrogen-bond acceptors (Lipinski definition) is 7. The Balaban J connectivity index is 2.22. The van der Waals surface area contributed by atoms with Crippen molar-refractivity contribution in [3.63, 3.8) is 0 Å². The van der Waals surface area contributed by atoms with Crippen LogP contribution in [0.1, 0.15) is 23.0 Å². The molecule has 27 heavy (non-hydrogen) atoms. The van der Waals surface area contributed by atoms with E-state index in [0.717, 1.165) is 5.69 Å². The average molecular weight is 387 g/mol. The van der Waals surface area contributed by atoms with Crippen molar-refractivity contribution in [1.29, 1.82) is 0 Å². The van der Waals surface area contributed by atoms with Gasteiger partial charge in [-0.05, 0) is 38.1 Å². The smallest absolute Gasteiger partial charge is 0.341 e. The molecule has 0 saturated heterocycles. The Labute approximate surface area is 159 Å². The van der Waals surface area contributed by atoms with Crippen molar-refractivity contribution in [2.45, 2.75) is 13.8 Å². The van der Waals surface area contributed by atoms with Gasteiger partial charge >= 0.3 is 5.97 Å². The van der Waals surface area contributed by atoms with Gasteiger partial charge in [0.05, 0.1) is 17.2 Å². The van der Waals surface area contributed by atoms with Crippen molar-refractivity contribution in [1.82, 2.24) is 9.97 Å². The van der Waals surface area contributed by atoms with Gasteiger partial charge < -0.3 is 10.1 Å². The number of benzene rings is 1. The lowest BCUT2D eigenvalue weighted by Gasteiger charge is -2.14. The number of fused-ring (bicyclic) bond motifs is 1. The molecule has 0 unspecified atom stereocenters. The molecule has 0 spiro atoms. The minimum absolute atomic E-state index is 0.143. The molecule has 0 atom stereocenters. The zero-order chi connectivity index (χ0) is 19.6. The number of nitrogens with zero attached hydrogens (tertiary/aromatic N) is 3. The second kappa shape index (κ2) is 7.55. The number of ether oxygens (including phenoxy) is 1. The first kappa shape index (κ1) is 18.5. The highest BCUT2D eigenvalue weighted by Crippen LogP contribution is 2.34. The van der Waals surface area contributed by atoms with Gasteiger partial charge in [-0.1, -0.05) is 11.6 Å². The van der Waals surface area contributed by atoms with Gasteiger partial charge in [-0.15, -0.1) is 0 Å². The summed E-state index contributed by atoms with van der Waals surface area (Å²) in [6, 6.07) is 7.64. The zero-order valence-corrected chi connectivity index (χ0v) is 15.3. The summed E-state index contributed by atoms with van der Waals surface area (Å²) in [5, 5.41) is 15.2. The molecule has 138 valence electrons. The van der Waals surface area contributed by atoms with Gasteiger partial charge in [0.15, 0.2) is 5.65 Å². The fraction of sp³-hybridized carbons (Fsp3) is 0.167. The van der Waals surface area contributed by atoms with Gasteiger partial charge in [-0.2, -0.15) is 0 Å². The van der Waals surface area contributed by atoms with Crippen LogP contribution in [0.3, 0.4) is 0 Å². The summed E-state index contributed by atoms with van der Waals surface area (Å²) in [5.74, 6) is -0.598. The van der Waals surface area contributed by atoms with E-state index in [0.29, 0.717) is 21.7 Å². The lowest BCUT2D eigenvalue weighted by Crippen LogP contribution is -2.10. The van der Waals surface area contributed by atoms with Crippen molar-refractivity contribution in [3.05, 3.63) is 62.9 Å². The molecule has 0 fully saturated rings. The van der Waals surface area contributed by atoms with Gasteiger partial charge in [0.25, 0.3) is 5.69 Å². The highest BCUT2D eigenvalue weighted by molar-refractivity contribution is 6.31. The Bertz CT molecular complexity index is 1050. The number of nitro groups is 1. The van der Waals surface area contributed by atoms with E-state index in [9.17, 15) is 14.9 Å². The van der Waals surface area contributed by atoms with Crippen molar-refractivity contribution in [2.24, 2.45) is 0 Å². The normalized spacial score (nSPS) is 10.6. The molecule has 0 radical (unpaired) electrons. The van der Waals surface area contributed by atoms with Gasteiger partial charge in [-0.25, -0.2) is 14.8 Å². The maximum Gasteiger partial charge on any atom is 0.341 e. The minimum atomic E-state index is -0.598. The number of hydrogen-bond donors (Lipinski definition) is 1. The van der Waals surface area contributed by atoms with E-state index in [1.165, 1.54) is 24.4 Å². The molecule has 3 aromatic rings. The third kappa shape index (κ3) is 3.80. The summed E-state index contributed by atoms with van der Waals surface area (Å²) in [7, 11) is 0. The molecule has 0 aliphatic rings. The Morgan fingerprint density at radius 1 is 1.33 bits per heavy atom. The topological polar surface area (TPSA) is 107 Å². The van der Waals surface area contributed by atoms with Crippen LogP contribution in [-0.2, 0) is 4.74 Å². The average Bonchev–Trinajstić information content (AvgIpc) is 2.61. The second-order valence-electron chi connectivity index (χ2n) is 5.63. The van der Waals surface area contributed by atoms with Crippen molar-refractivity contribution in [2.75, 3.05) is 11.9 Å². The number of anilines is 2. The molecule has 9 heteroatoms. The molecule has 3 rings (SSSR count). The van der Waals surface area contributed by atoms with E-state index < -0.39 is 10.9 Å². The fourth-order valence-corrected chi connectivity index (χ4v) is 2.74. The highest BCUT2D eigenvalue weighted by Gasteiger charge is 2.21.